The highest BCUT2D eigenvalue weighted by atomic mass is 35.5. The second kappa shape index (κ2) is 11.4. The van der Waals surface area contributed by atoms with Gasteiger partial charge in [0.2, 0.25) is 15.9 Å². The lowest BCUT2D eigenvalue weighted by molar-refractivity contribution is -0.138. The number of likely N-dealkylation sites (tertiary alicyclic amines) is 1. The minimum Gasteiger partial charge on any atom is -0.370 e. The third-order valence-corrected chi connectivity index (χ3v) is 10.1. The number of sulfonamides is 1. The average Bonchev–Trinajstić information content (AvgIpc) is 3.29. The Morgan fingerprint density at radius 1 is 1.00 bits per heavy atom. The molecule has 8 nitrogen and oxygen atoms in total. The smallest absolute Gasteiger partial charge is 0.248 e. The van der Waals surface area contributed by atoms with Crippen LogP contribution >= 0.6 is 23.2 Å². The third-order valence-electron chi connectivity index (χ3n) is 7.22. The lowest BCUT2D eigenvalue weighted by Crippen LogP contribution is -2.54. The topological polar surface area (TPSA) is 73.4 Å². The Kier molecular flexibility index (Phi) is 8.77. The largest absolute Gasteiger partial charge is 0.370 e. The fourth-order valence-corrected chi connectivity index (χ4v) is 7.98. The first-order chi connectivity index (χ1) is 16.3. The van der Waals surface area contributed by atoms with Gasteiger partial charge in [0.05, 0.1) is 16.7 Å². The van der Waals surface area contributed by atoms with Crippen molar-refractivity contribution in [2.24, 2.45) is 0 Å². The Hall–Kier alpha value is -0.940. The number of amides is 1. The first-order valence-electron chi connectivity index (χ1n) is 12.0. The van der Waals surface area contributed by atoms with E-state index in [0.717, 1.165) is 32.6 Å². The van der Waals surface area contributed by atoms with E-state index < -0.39 is 10.0 Å². The van der Waals surface area contributed by atoms with Gasteiger partial charge in [-0.2, -0.15) is 4.31 Å². The van der Waals surface area contributed by atoms with Crippen LogP contribution in [0.15, 0.2) is 23.1 Å². The lowest BCUT2D eigenvalue weighted by atomic mass is 10.0. The molecule has 4 rings (SSSR count). The molecule has 3 heterocycles. The van der Waals surface area contributed by atoms with Crippen molar-refractivity contribution in [3.8, 4) is 0 Å². The minimum absolute atomic E-state index is 0.0362. The van der Waals surface area contributed by atoms with Gasteiger partial charge in [-0.15, -0.1) is 0 Å². The predicted molar refractivity (Wildman–Crippen MR) is 133 cm³/mol. The zero-order chi connectivity index (χ0) is 24.3. The number of hydrogen-bond acceptors (Lipinski definition) is 6. The van der Waals surface area contributed by atoms with Gasteiger partial charge in [-0.1, -0.05) is 29.3 Å². The average molecular weight is 534 g/mol. The Balaban J connectivity index is 1.25. The molecule has 1 atom stereocenters. The van der Waals surface area contributed by atoms with Gasteiger partial charge in [0.25, 0.3) is 0 Å². The van der Waals surface area contributed by atoms with Gasteiger partial charge in [-0.3, -0.25) is 9.69 Å². The normalized spacial score (nSPS) is 24.1. The fraction of sp³-hybridized carbons (Fsp3) is 0.696. The number of rotatable bonds is 7. The van der Waals surface area contributed by atoms with Crippen LogP contribution in [-0.2, 0) is 19.6 Å². The van der Waals surface area contributed by atoms with Gasteiger partial charge < -0.3 is 14.5 Å². The molecule has 1 amide bonds. The number of ether oxygens (including phenoxy) is 1. The van der Waals surface area contributed by atoms with Crippen LogP contribution in [0.4, 0.5) is 0 Å². The number of carbonyl (C=O) groups is 1. The molecule has 1 unspecified atom stereocenters. The van der Waals surface area contributed by atoms with E-state index in [9.17, 15) is 13.2 Å². The first-order valence-corrected chi connectivity index (χ1v) is 14.2. The SMILES string of the molecule is CN1CCC(N2CCN(C(=O)COCC3CCCN3S(=O)(=O)c3c(Cl)cccc3Cl)CC2)CC1. The maximum atomic E-state index is 13.2. The maximum Gasteiger partial charge on any atom is 0.248 e. The fourth-order valence-electron chi connectivity index (χ4n) is 5.21. The molecule has 3 saturated heterocycles. The van der Waals surface area contributed by atoms with Crippen LogP contribution in [0.1, 0.15) is 25.7 Å². The molecule has 0 aromatic heterocycles. The minimum atomic E-state index is -3.86. The number of benzene rings is 1. The molecule has 3 aliphatic heterocycles. The summed E-state index contributed by atoms with van der Waals surface area (Å²) in [6.07, 6.45) is 3.77. The summed E-state index contributed by atoms with van der Waals surface area (Å²) in [5.74, 6) is -0.0374. The molecular weight excluding hydrogens is 499 g/mol. The highest BCUT2D eigenvalue weighted by Crippen LogP contribution is 2.34. The summed E-state index contributed by atoms with van der Waals surface area (Å²) in [5, 5.41) is 0.210. The molecular formula is C23H34Cl2N4O4S. The Labute approximate surface area is 212 Å². The van der Waals surface area contributed by atoms with E-state index in [1.807, 2.05) is 4.90 Å². The summed E-state index contributed by atoms with van der Waals surface area (Å²) in [5.41, 5.74) is 0. The molecule has 0 radical (unpaired) electrons. The van der Waals surface area contributed by atoms with Crippen LogP contribution in [0.3, 0.4) is 0 Å². The molecule has 190 valence electrons. The van der Waals surface area contributed by atoms with Crippen LogP contribution in [0.5, 0.6) is 0 Å². The van der Waals surface area contributed by atoms with E-state index in [2.05, 4.69) is 16.8 Å². The summed E-state index contributed by atoms with van der Waals surface area (Å²) < 4.78 is 33.6. The van der Waals surface area contributed by atoms with E-state index in [4.69, 9.17) is 27.9 Å². The predicted octanol–water partition coefficient (Wildman–Crippen LogP) is 2.40. The van der Waals surface area contributed by atoms with Crippen molar-refractivity contribution < 1.29 is 17.9 Å². The van der Waals surface area contributed by atoms with E-state index >= 15 is 0 Å². The summed E-state index contributed by atoms with van der Waals surface area (Å²) in [7, 11) is -1.69. The van der Waals surface area contributed by atoms with Crippen LogP contribution in [0.2, 0.25) is 10.0 Å². The third kappa shape index (κ3) is 5.88. The van der Waals surface area contributed by atoms with E-state index in [0.29, 0.717) is 32.1 Å². The maximum absolute atomic E-state index is 13.2. The zero-order valence-electron chi connectivity index (χ0n) is 19.7. The molecule has 3 fully saturated rings. The Morgan fingerprint density at radius 3 is 2.29 bits per heavy atom. The summed E-state index contributed by atoms with van der Waals surface area (Å²) in [6.45, 7) is 6.00. The first kappa shape index (κ1) is 26.1. The standard InChI is InChI=1S/C23H34Cl2N4O4S/c1-26-10-7-18(8-11-26)27-12-14-28(15-13-27)22(30)17-33-16-19-4-3-9-29(19)34(31,32)23-20(24)5-2-6-21(23)25/h2,5-6,18-19H,3-4,7-17H2,1H3. The molecule has 0 N–H and O–H groups in total. The van der Waals surface area contributed by atoms with Crippen LogP contribution in [0, 0.1) is 0 Å². The van der Waals surface area contributed by atoms with Crippen molar-refractivity contribution in [3.05, 3.63) is 28.2 Å². The van der Waals surface area contributed by atoms with Gasteiger partial charge in [-0.05, 0) is 58.0 Å². The van der Waals surface area contributed by atoms with Crippen molar-refractivity contribution in [2.75, 3.05) is 66.1 Å². The Bertz CT molecular complexity index is 943. The van der Waals surface area contributed by atoms with Gasteiger partial charge >= 0.3 is 0 Å². The summed E-state index contributed by atoms with van der Waals surface area (Å²) in [4.78, 5) is 19.4. The van der Waals surface area contributed by atoms with Crippen molar-refractivity contribution in [1.29, 1.82) is 0 Å². The number of carbonyl (C=O) groups excluding carboxylic acids is 1. The van der Waals surface area contributed by atoms with E-state index in [-0.39, 0.29) is 40.1 Å². The van der Waals surface area contributed by atoms with Crippen molar-refractivity contribution >= 4 is 39.1 Å². The van der Waals surface area contributed by atoms with Gasteiger partial charge in [0.1, 0.15) is 11.5 Å². The van der Waals surface area contributed by atoms with Gasteiger partial charge in [-0.25, -0.2) is 8.42 Å². The van der Waals surface area contributed by atoms with Crippen LogP contribution in [-0.4, -0.2) is 111 Å². The van der Waals surface area contributed by atoms with Crippen molar-refractivity contribution in [3.63, 3.8) is 0 Å². The molecule has 3 aliphatic rings. The molecule has 34 heavy (non-hydrogen) atoms. The molecule has 0 aliphatic carbocycles. The van der Waals surface area contributed by atoms with E-state index in [1.54, 1.807) is 6.07 Å². The number of halogens is 2. The highest BCUT2D eigenvalue weighted by molar-refractivity contribution is 7.89. The van der Waals surface area contributed by atoms with Crippen molar-refractivity contribution in [2.45, 2.75) is 42.7 Å². The zero-order valence-corrected chi connectivity index (χ0v) is 22.0. The second-order valence-corrected chi connectivity index (χ2v) is 12.1. The summed E-state index contributed by atoms with van der Waals surface area (Å²) in [6, 6.07) is 4.94. The molecule has 0 bridgehead atoms. The van der Waals surface area contributed by atoms with Crippen LogP contribution < -0.4 is 0 Å². The number of piperidine rings is 1. The van der Waals surface area contributed by atoms with E-state index in [1.165, 1.54) is 29.3 Å². The molecule has 0 saturated carbocycles. The second-order valence-electron chi connectivity index (χ2n) is 9.43. The number of piperazine rings is 1. The molecule has 11 heteroatoms. The van der Waals surface area contributed by atoms with Gasteiger partial charge in [0, 0.05) is 44.8 Å². The highest BCUT2D eigenvalue weighted by Gasteiger charge is 2.38. The molecule has 1 aromatic rings. The molecule has 1 aromatic carbocycles. The van der Waals surface area contributed by atoms with Gasteiger partial charge in [0.15, 0.2) is 0 Å². The van der Waals surface area contributed by atoms with Crippen LogP contribution in [0.25, 0.3) is 0 Å². The Morgan fingerprint density at radius 2 is 1.65 bits per heavy atom. The number of hydrogen-bond donors (Lipinski definition) is 0. The lowest BCUT2D eigenvalue weighted by Gasteiger charge is -2.42. The van der Waals surface area contributed by atoms with Crippen molar-refractivity contribution in [1.82, 2.24) is 19.0 Å². The summed E-state index contributed by atoms with van der Waals surface area (Å²) >= 11 is 12.3. The monoisotopic (exact) mass is 532 g/mol. The quantitative estimate of drug-likeness (QED) is 0.536. The number of nitrogens with zero attached hydrogens (tertiary/aromatic N) is 4. The molecule has 0 spiro atoms.